The molecule has 0 N–H and O–H groups in total. The number of aromatic nitrogens is 1. The number of fused-ring (bicyclic) bond motifs is 1. The van der Waals surface area contributed by atoms with E-state index < -0.39 is 23.9 Å². The van der Waals surface area contributed by atoms with Gasteiger partial charge in [-0.2, -0.15) is 0 Å². The molecule has 2 aromatic carbocycles. The molecule has 1 aliphatic heterocycles. The minimum atomic E-state index is -0.846. The number of ether oxygens (including phenoxy) is 3. The molecule has 1 aromatic heterocycles. The van der Waals surface area contributed by atoms with Crippen molar-refractivity contribution in [3.05, 3.63) is 103 Å². The van der Waals surface area contributed by atoms with Gasteiger partial charge in [0.05, 0.1) is 21.8 Å². The van der Waals surface area contributed by atoms with Crippen LogP contribution in [-0.2, 0) is 19.1 Å². The molecule has 9 nitrogen and oxygen atoms in total. The van der Waals surface area contributed by atoms with Gasteiger partial charge in [-0.15, -0.1) is 0 Å². The van der Waals surface area contributed by atoms with E-state index in [9.17, 15) is 19.2 Å². The first-order valence-corrected chi connectivity index (χ1v) is 12.4. The Balaban J connectivity index is 1.90. The molecule has 0 bridgehead atoms. The number of carbonyl (C=O) groups excluding carboxylic acids is 3. The Bertz CT molecular complexity index is 1650. The third kappa shape index (κ3) is 5.55. The van der Waals surface area contributed by atoms with E-state index in [2.05, 4.69) is 11.6 Å². The number of rotatable bonds is 7. The number of nitrogens with zero attached hydrogens (tertiary/aromatic N) is 2. The summed E-state index contributed by atoms with van der Waals surface area (Å²) in [6.07, 6.45) is 3.07. The third-order valence-electron chi connectivity index (χ3n) is 5.49. The van der Waals surface area contributed by atoms with E-state index in [1.807, 2.05) is 0 Å². The van der Waals surface area contributed by atoms with Crippen molar-refractivity contribution < 1.29 is 28.6 Å². The number of allylic oxidation sites excluding steroid dienone is 1. The second-order valence-corrected chi connectivity index (χ2v) is 9.27. The van der Waals surface area contributed by atoms with E-state index >= 15 is 0 Å². The molecule has 4 rings (SSSR count). The SMILES string of the molecule is C=CCOC(=O)C1=C(C)N=c2s/c(=C/c3ccccc3OC(C)=O)c(=O)n2[C@H]1c1ccc(OC(C)=O)cc1. The molecule has 0 saturated heterocycles. The highest BCUT2D eigenvalue weighted by molar-refractivity contribution is 7.07. The summed E-state index contributed by atoms with van der Waals surface area (Å²) >= 11 is 1.15. The number of carbonyl (C=O) groups is 3. The third-order valence-corrected chi connectivity index (χ3v) is 6.47. The molecule has 0 spiro atoms. The average molecular weight is 533 g/mol. The molecule has 38 heavy (non-hydrogen) atoms. The maximum atomic E-state index is 13.8. The summed E-state index contributed by atoms with van der Waals surface area (Å²) in [6.45, 7) is 7.84. The minimum Gasteiger partial charge on any atom is -0.458 e. The van der Waals surface area contributed by atoms with Gasteiger partial charge in [-0.25, -0.2) is 9.79 Å². The first-order valence-electron chi connectivity index (χ1n) is 11.6. The molecule has 0 amide bonds. The molecular formula is C28H24N2O7S. The van der Waals surface area contributed by atoms with Crippen LogP contribution < -0.4 is 24.4 Å². The van der Waals surface area contributed by atoms with Crippen LogP contribution in [0.5, 0.6) is 11.5 Å². The van der Waals surface area contributed by atoms with Crippen LogP contribution >= 0.6 is 11.3 Å². The highest BCUT2D eigenvalue weighted by Gasteiger charge is 2.33. The lowest BCUT2D eigenvalue weighted by molar-refractivity contribution is -0.138. The van der Waals surface area contributed by atoms with E-state index in [-0.39, 0.29) is 17.7 Å². The molecule has 2 heterocycles. The summed E-state index contributed by atoms with van der Waals surface area (Å²) in [5.41, 5.74) is 1.35. The molecular weight excluding hydrogens is 508 g/mol. The summed E-state index contributed by atoms with van der Waals surface area (Å²) in [6, 6.07) is 12.5. The molecule has 10 heteroatoms. The highest BCUT2D eigenvalue weighted by atomic mass is 32.1. The van der Waals surface area contributed by atoms with Gasteiger partial charge in [-0.3, -0.25) is 19.0 Å². The van der Waals surface area contributed by atoms with Crippen LogP contribution in [0.15, 0.2) is 82.2 Å². The van der Waals surface area contributed by atoms with Crippen molar-refractivity contribution in [2.24, 2.45) is 4.99 Å². The standard InChI is InChI=1S/C28H24N2O7S/c1-5-14-35-27(34)24-16(2)29-28-30(25(24)19-10-12-21(13-11-19)36-17(3)31)26(33)23(38-28)15-20-8-6-7-9-22(20)37-18(4)32/h5-13,15,25H,1,14H2,2-4H3/b23-15+/t25-/m0/s1. The van der Waals surface area contributed by atoms with Gasteiger partial charge in [0.15, 0.2) is 4.80 Å². The van der Waals surface area contributed by atoms with Crippen LogP contribution in [0.3, 0.4) is 0 Å². The van der Waals surface area contributed by atoms with Gasteiger partial charge in [0.2, 0.25) is 0 Å². The maximum Gasteiger partial charge on any atom is 0.338 e. The Morgan fingerprint density at radius 2 is 1.74 bits per heavy atom. The molecule has 1 atom stereocenters. The Morgan fingerprint density at radius 1 is 1.05 bits per heavy atom. The average Bonchev–Trinajstić information content (AvgIpc) is 3.17. The fourth-order valence-electron chi connectivity index (χ4n) is 3.98. The Kier molecular flexibility index (Phi) is 7.82. The normalized spacial score (nSPS) is 14.8. The lowest BCUT2D eigenvalue weighted by atomic mass is 9.96. The van der Waals surface area contributed by atoms with Crippen LogP contribution in [0, 0.1) is 0 Å². The van der Waals surface area contributed by atoms with Gasteiger partial charge in [-0.05, 0) is 36.8 Å². The first-order chi connectivity index (χ1) is 18.2. The van der Waals surface area contributed by atoms with Gasteiger partial charge in [0.1, 0.15) is 18.1 Å². The highest BCUT2D eigenvalue weighted by Crippen LogP contribution is 2.31. The van der Waals surface area contributed by atoms with E-state index in [0.29, 0.717) is 37.7 Å². The lowest BCUT2D eigenvalue weighted by Gasteiger charge is -2.24. The molecule has 0 radical (unpaired) electrons. The number of thiazole rings is 1. The molecule has 194 valence electrons. The van der Waals surface area contributed by atoms with Crippen molar-refractivity contribution in [3.63, 3.8) is 0 Å². The quantitative estimate of drug-likeness (QED) is 0.261. The Morgan fingerprint density at radius 3 is 2.39 bits per heavy atom. The number of para-hydroxylation sites is 1. The topological polar surface area (TPSA) is 113 Å². The largest absolute Gasteiger partial charge is 0.458 e. The lowest BCUT2D eigenvalue weighted by Crippen LogP contribution is -2.39. The summed E-state index contributed by atoms with van der Waals surface area (Å²) in [7, 11) is 0. The van der Waals surface area contributed by atoms with Crippen molar-refractivity contribution in [1.29, 1.82) is 0 Å². The number of hydrogen-bond acceptors (Lipinski definition) is 9. The van der Waals surface area contributed by atoms with Gasteiger partial charge in [0.25, 0.3) is 5.56 Å². The van der Waals surface area contributed by atoms with Crippen LogP contribution in [-0.4, -0.2) is 29.1 Å². The fraction of sp³-hybridized carbons (Fsp3) is 0.179. The van der Waals surface area contributed by atoms with Gasteiger partial charge in [-0.1, -0.05) is 54.3 Å². The van der Waals surface area contributed by atoms with Gasteiger partial charge < -0.3 is 14.2 Å². The van der Waals surface area contributed by atoms with Crippen molar-refractivity contribution >= 4 is 35.3 Å². The smallest absolute Gasteiger partial charge is 0.338 e. The maximum absolute atomic E-state index is 13.8. The van der Waals surface area contributed by atoms with Gasteiger partial charge in [0, 0.05) is 19.4 Å². The molecule has 1 aliphatic rings. The first kappa shape index (κ1) is 26.5. The molecule has 3 aromatic rings. The summed E-state index contributed by atoms with van der Waals surface area (Å²) in [4.78, 5) is 54.7. The Labute approximate surface area is 221 Å². The predicted octanol–water partition coefficient (Wildman–Crippen LogP) is 2.82. The van der Waals surface area contributed by atoms with E-state index in [4.69, 9.17) is 14.2 Å². The zero-order chi connectivity index (χ0) is 27.4. The van der Waals surface area contributed by atoms with Crippen molar-refractivity contribution in [3.8, 4) is 11.5 Å². The molecule has 0 unspecified atom stereocenters. The zero-order valence-electron chi connectivity index (χ0n) is 20.9. The molecule has 0 fully saturated rings. The van der Waals surface area contributed by atoms with E-state index in [0.717, 1.165) is 11.3 Å². The van der Waals surface area contributed by atoms with Crippen LogP contribution in [0.4, 0.5) is 0 Å². The second-order valence-electron chi connectivity index (χ2n) is 8.26. The van der Waals surface area contributed by atoms with Crippen molar-refractivity contribution in [1.82, 2.24) is 4.57 Å². The van der Waals surface area contributed by atoms with E-state index in [1.165, 1.54) is 24.5 Å². The molecule has 0 saturated carbocycles. The van der Waals surface area contributed by atoms with Crippen molar-refractivity contribution in [2.75, 3.05) is 6.61 Å². The minimum absolute atomic E-state index is 0.00885. The van der Waals surface area contributed by atoms with Gasteiger partial charge >= 0.3 is 17.9 Å². The van der Waals surface area contributed by atoms with Crippen LogP contribution in [0.25, 0.3) is 6.08 Å². The number of esters is 3. The molecule has 0 aliphatic carbocycles. The summed E-state index contributed by atoms with van der Waals surface area (Å²) < 4.78 is 17.5. The predicted molar refractivity (Wildman–Crippen MR) is 140 cm³/mol. The number of benzene rings is 2. The monoisotopic (exact) mass is 532 g/mol. The van der Waals surface area contributed by atoms with Crippen LogP contribution in [0.2, 0.25) is 0 Å². The van der Waals surface area contributed by atoms with Crippen molar-refractivity contribution in [2.45, 2.75) is 26.8 Å². The number of hydrogen-bond donors (Lipinski definition) is 0. The summed E-state index contributed by atoms with van der Waals surface area (Å²) in [5.74, 6) is -0.942. The zero-order valence-corrected chi connectivity index (χ0v) is 21.7. The van der Waals surface area contributed by atoms with Crippen LogP contribution in [0.1, 0.15) is 37.9 Å². The van der Waals surface area contributed by atoms with E-state index in [1.54, 1.807) is 61.5 Å². The fourth-order valence-corrected chi connectivity index (χ4v) is 5.02. The second kappa shape index (κ2) is 11.2. The Hall–Kier alpha value is -4.57. The summed E-state index contributed by atoms with van der Waals surface area (Å²) in [5, 5.41) is 0.